The van der Waals surface area contributed by atoms with Crippen molar-refractivity contribution in [2.24, 2.45) is 0 Å². The Bertz CT molecular complexity index is 767. The van der Waals surface area contributed by atoms with Gasteiger partial charge in [-0.2, -0.15) is 0 Å². The second-order valence-corrected chi connectivity index (χ2v) is 17.9. The van der Waals surface area contributed by atoms with Gasteiger partial charge in [-0.3, -0.25) is 0 Å². The summed E-state index contributed by atoms with van der Waals surface area (Å²) in [5, 5.41) is 0. The standard InChI is InChI=1S/3C9H11O.In/c3*1-3-8-4-6-9(10-2)7-5-8;/h3*4-7H,1,3H2,2H3;. The normalized spacial score (nSPS) is 10.5. The van der Waals surface area contributed by atoms with Crippen LogP contribution in [0.25, 0.3) is 0 Å². The van der Waals surface area contributed by atoms with Crippen molar-refractivity contribution in [1.29, 1.82) is 0 Å². The molecule has 0 bridgehead atoms. The molecule has 0 saturated heterocycles. The van der Waals surface area contributed by atoms with Gasteiger partial charge in [0.25, 0.3) is 0 Å². The van der Waals surface area contributed by atoms with E-state index in [2.05, 4.69) is 72.8 Å². The van der Waals surface area contributed by atoms with E-state index in [0.29, 0.717) is 0 Å². The van der Waals surface area contributed by atoms with Crippen LogP contribution in [-0.4, -0.2) is 42.8 Å². The van der Waals surface area contributed by atoms with Gasteiger partial charge in [-0.15, -0.1) is 0 Å². The maximum absolute atomic E-state index is 5.30. The van der Waals surface area contributed by atoms with Crippen molar-refractivity contribution in [2.75, 3.05) is 21.3 Å². The van der Waals surface area contributed by atoms with Crippen molar-refractivity contribution in [2.45, 2.75) is 31.8 Å². The molecule has 4 heteroatoms. The Hall–Kier alpha value is -2.07. The van der Waals surface area contributed by atoms with Gasteiger partial charge < -0.3 is 0 Å². The summed E-state index contributed by atoms with van der Waals surface area (Å²) in [6.07, 6.45) is 3.57. The van der Waals surface area contributed by atoms with Gasteiger partial charge in [0.2, 0.25) is 0 Å². The molecule has 3 rings (SSSR count). The number of aryl methyl sites for hydroxylation is 3. The molecule has 0 saturated carbocycles. The molecule has 0 aliphatic carbocycles. The number of hydrogen-bond acceptors (Lipinski definition) is 3. The third-order valence-electron chi connectivity index (χ3n) is 6.00. The fourth-order valence-electron chi connectivity index (χ4n) is 3.92. The van der Waals surface area contributed by atoms with Crippen LogP contribution in [0.2, 0.25) is 12.5 Å². The van der Waals surface area contributed by atoms with Crippen molar-refractivity contribution < 1.29 is 14.2 Å². The first kappa shape index (κ1) is 23.6. The average Bonchev–Trinajstić information content (AvgIpc) is 2.84. The van der Waals surface area contributed by atoms with Crippen LogP contribution in [0, 0.1) is 0 Å². The van der Waals surface area contributed by atoms with Gasteiger partial charge in [0.05, 0.1) is 0 Å². The zero-order valence-electron chi connectivity index (χ0n) is 19.0. The van der Waals surface area contributed by atoms with Crippen molar-refractivity contribution in [3.05, 3.63) is 89.5 Å². The Labute approximate surface area is 194 Å². The van der Waals surface area contributed by atoms with E-state index < -0.39 is 21.4 Å². The van der Waals surface area contributed by atoms with E-state index in [1.807, 2.05) is 0 Å². The summed E-state index contributed by atoms with van der Waals surface area (Å²) in [5.74, 6) is 2.80. The van der Waals surface area contributed by atoms with Crippen LogP contribution in [0.3, 0.4) is 0 Å². The summed E-state index contributed by atoms with van der Waals surface area (Å²) < 4.78 is 20.1. The van der Waals surface area contributed by atoms with E-state index in [9.17, 15) is 0 Å². The number of benzene rings is 3. The molecule has 0 radical (unpaired) electrons. The Kier molecular flexibility index (Phi) is 9.67. The summed E-state index contributed by atoms with van der Waals surface area (Å²) in [5.41, 5.74) is 4.28. The second kappa shape index (κ2) is 12.7. The quantitative estimate of drug-likeness (QED) is 0.283. The van der Waals surface area contributed by atoms with Gasteiger partial charge in [0.1, 0.15) is 0 Å². The summed E-state index contributed by atoms with van der Waals surface area (Å²) in [6.45, 7) is 0. The number of methoxy groups -OCH3 is 3. The van der Waals surface area contributed by atoms with Gasteiger partial charge in [-0.1, -0.05) is 0 Å². The Morgan fingerprint density at radius 2 is 0.710 bits per heavy atom. The zero-order valence-corrected chi connectivity index (χ0v) is 22.3. The van der Waals surface area contributed by atoms with Crippen LogP contribution >= 0.6 is 0 Å². The fourth-order valence-corrected chi connectivity index (χ4v) is 12.7. The Morgan fingerprint density at radius 3 is 0.935 bits per heavy atom. The van der Waals surface area contributed by atoms with Gasteiger partial charge in [0, 0.05) is 0 Å². The van der Waals surface area contributed by atoms with E-state index in [4.69, 9.17) is 14.2 Å². The van der Waals surface area contributed by atoms with Gasteiger partial charge in [-0.25, -0.2) is 0 Å². The minimum absolute atomic E-state index is 0.933. The molecule has 3 aromatic carbocycles. The molecular formula is C27H33InO3. The molecule has 31 heavy (non-hydrogen) atoms. The third kappa shape index (κ3) is 7.84. The Balaban J connectivity index is 1.59. The van der Waals surface area contributed by atoms with Gasteiger partial charge in [0.15, 0.2) is 0 Å². The number of hydrogen-bond donors (Lipinski definition) is 0. The molecular weight excluding hydrogens is 487 g/mol. The van der Waals surface area contributed by atoms with E-state index in [0.717, 1.165) is 17.2 Å². The van der Waals surface area contributed by atoms with E-state index in [1.165, 1.54) is 48.5 Å². The van der Waals surface area contributed by atoms with Gasteiger partial charge in [-0.05, 0) is 0 Å². The molecule has 0 unspecified atom stereocenters. The van der Waals surface area contributed by atoms with E-state index >= 15 is 0 Å². The Morgan fingerprint density at radius 1 is 0.452 bits per heavy atom. The molecule has 0 aliphatic rings. The number of rotatable bonds is 12. The molecule has 0 amide bonds. The first-order chi connectivity index (χ1) is 15.2. The first-order valence-electron chi connectivity index (χ1n) is 11.1. The summed E-state index contributed by atoms with van der Waals surface area (Å²) in [7, 11) is 5.17. The monoisotopic (exact) mass is 520 g/mol. The van der Waals surface area contributed by atoms with Crippen molar-refractivity contribution >= 4 is 21.4 Å². The van der Waals surface area contributed by atoms with Crippen LogP contribution in [0.1, 0.15) is 16.7 Å². The SMILES string of the molecule is COc1ccc(C[CH2][In]([CH2]Cc2ccc(OC)cc2)[CH2]Cc2ccc(OC)cc2)cc1. The van der Waals surface area contributed by atoms with E-state index in [-0.39, 0.29) is 0 Å². The molecule has 0 fully saturated rings. The number of ether oxygens (including phenoxy) is 3. The zero-order chi connectivity index (χ0) is 21.9. The summed E-state index contributed by atoms with van der Waals surface area (Å²) >= 11 is -1.70. The topological polar surface area (TPSA) is 27.7 Å². The summed E-state index contributed by atoms with van der Waals surface area (Å²) in [6, 6.07) is 25.8. The van der Waals surface area contributed by atoms with Crippen LogP contribution in [0.15, 0.2) is 72.8 Å². The summed E-state index contributed by atoms with van der Waals surface area (Å²) in [4.78, 5) is 0. The van der Waals surface area contributed by atoms with Crippen molar-refractivity contribution in [3.63, 3.8) is 0 Å². The average molecular weight is 520 g/mol. The predicted octanol–water partition coefficient (Wildman–Crippen LogP) is 6.24. The van der Waals surface area contributed by atoms with Crippen molar-refractivity contribution in [1.82, 2.24) is 0 Å². The van der Waals surface area contributed by atoms with E-state index in [1.54, 1.807) is 21.3 Å². The van der Waals surface area contributed by atoms with Crippen LogP contribution in [0.4, 0.5) is 0 Å². The molecule has 0 aliphatic heterocycles. The van der Waals surface area contributed by atoms with Crippen LogP contribution < -0.4 is 14.2 Å². The molecule has 3 aromatic rings. The van der Waals surface area contributed by atoms with Crippen molar-refractivity contribution in [3.8, 4) is 17.2 Å². The second-order valence-electron chi connectivity index (χ2n) is 8.03. The van der Waals surface area contributed by atoms with Crippen LogP contribution in [0.5, 0.6) is 17.2 Å². The van der Waals surface area contributed by atoms with Crippen LogP contribution in [-0.2, 0) is 19.3 Å². The molecule has 0 spiro atoms. The predicted molar refractivity (Wildman–Crippen MR) is 130 cm³/mol. The third-order valence-corrected chi connectivity index (χ3v) is 15.5. The molecule has 162 valence electrons. The molecule has 0 atom stereocenters. The molecule has 3 nitrogen and oxygen atoms in total. The molecule has 0 aromatic heterocycles. The molecule has 0 N–H and O–H groups in total. The maximum atomic E-state index is 5.30. The van der Waals surface area contributed by atoms with Gasteiger partial charge >= 0.3 is 196 Å². The minimum atomic E-state index is -1.70. The molecule has 0 heterocycles. The fraction of sp³-hybridized carbons (Fsp3) is 0.333. The first-order valence-corrected chi connectivity index (χ1v) is 18.1.